The summed E-state index contributed by atoms with van der Waals surface area (Å²) in [4.78, 5) is 11.0. The Balaban J connectivity index is 2.81. The lowest BCUT2D eigenvalue weighted by Crippen LogP contribution is -2.41. The molecule has 1 aromatic rings. The first kappa shape index (κ1) is 16.0. The molecule has 1 N–H and O–H groups in total. The topological polar surface area (TPSA) is 47.6 Å². The number of carbonyl (C=O) groups excluding carboxylic acids is 1. The molecule has 1 aromatic carbocycles. The van der Waals surface area contributed by atoms with Crippen LogP contribution < -0.4 is 10.1 Å². The zero-order valence-corrected chi connectivity index (χ0v) is 9.84. The first-order chi connectivity index (χ1) is 9.15. The third-order valence-electron chi connectivity index (χ3n) is 1.89. The van der Waals surface area contributed by atoms with Crippen molar-refractivity contribution in [3.8, 4) is 5.75 Å². The van der Waals surface area contributed by atoms with Crippen LogP contribution in [0.3, 0.4) is 0 Å². The molecule has 0 spiro atoms. The number of alkyl halides is 5. The van der Waals surface area contributed by atoms with Crippen molar-refractivity contribution in [2.45, 2.75) is 12.3 Å². The highest BCUT2D eigenvalue weighted by atomic mass is 19.4. The van der Waals surface area contributed by atoms with Gasteiger partial charge in [-0.3, -0.25) is 5.32 Å². The number of amides is 1. The summed E-state index contributed by atoms with van der Waals surface area (Å²) in [6, 6.07) is 4.06. The number of nitrogens with one attached hydrogen (secondary N) is 1. The van der Waals surface area contributed by atoms with Crippen molar-refractivity contribution in [2.24, 2.45) is 0 Å². The van der Waals surface area contributed by atoms with Gasteiger partial charge in [0.15, 0.2) is 0 Å². The van der Waals surface area contributed by atoms with Gasteiger partial charge < -0.3 is 9.47 Å². The third kappa shape index (κ3) is 4.25. The minimum Gasteiger partial charge on any atom is -0.449 e. The summed E-state index contributed by atoms with van der Waals surface area (Å²) in [5.74, 6) is -0.764. The SMILES string of the molecule is [CH2]COC(=O)Nc1cccc(OC(F)(F)C(F)(F)F)c1. The molecule has 111 valence electrons. The van der Waals surface area contributed by atoms with E-state index in [0.717, 1.165) is 18.2 Å². The van der Waals surface area contributed by atoms with E-state index in [1.165, 1.54) is 6.07 Å². The van der Waals surface area contributed by atoms with Gasteiger partial charge in [0.25, 0.3) is 0 Å². The van der Waals surface area contributed by atoms with Crippen LogP contribution >= 0.6 is 0 Å². The van der Waals surface area contributed by atoms with Crippen LogP contribution in [0, 0.1) is 6.92 Å². The summed E-state index contributed by atoms with van der Waals surface area (Å²) >= 11 is 0. The second-order valence-corrected chi connectivity index (χ2v) is 3.41. The molecule has 0 heterocycles. The molecule has 0 aromatic heterocycles. The van der Waals surface area contributed by atoms with Crippen molar-refractivity contribution in [1.29, 1.82) is 0 Å². The van der Waals surface area contributed by atoms with E-state index in [0.29, 0.717) is 0 Å². The molecule has 0 fully saturated rings. The Kier molecular flexibility index (Phi) is 4.74. The molecule has 20 heavy (non-hydrogen) atoms. The molecule has 0 saturated heterocycles. The number of benzene rings is 1. The van der Waals surface area contributed by atoms with Crippen LogP contribution in [-0.2, 0) is 4.74 Å². The molecular weight excluding hydrogens is 289 g/mol. The van der Waals surface area contributed by atoms with Gasteiger partial charge in [-0.25, -0.2) is 4.79 Å². The maximum atomic E-state index is 12.7. The van der Waals surface area contributed by atoms with Crippen LogP contribution in [0.5, 0.6) is 5.75 Å². The van der Waals surface area contributed by atoms with E-state index in [2.05, 4.69) is 21.7 Å². The quantitative estimate of drug-likeness (QED) is 0.864. The average molecular weight is 298 g/mol. The molecule has 0 bridgehead atoms. The highest BCUT2D eigenvalue weighted by Crippen LogP contribution is 2.37. The van der Waals surface area contributed by atoms with E-state index >= 15 is 0 Å². The lowest BCUT2D eigenvalue weighted by molar-refractivity contribution is -0.360. The Morgan fingerprint density at radius 2 is 1.90 bits per heavy atom. The molecule has 0 unspecified atom stereocenters. The monoisotopic (exact) mass is 298 g/mol. The van der Waals surface area contributed by atoms with E-state index < -0.39 is 24.1 Å². The summed E-state index contributed by atoms with van der Waals surface area (Å²) < 4.78 is 69.2. The third-order valence-corrected chi connectivity index (χ3v) is 1.89. The number of hydrogen-bond donors (Lipinski definition) is 1. The van der Waals surface area contributed by atoms with E-state index in [9.17, 15) is 26.7 Å². The van der Waals surface area contributed by atoms with Crippen molar-refractivity contribution in [3.05, 3.63) is 31.2 Å². The first-order valence-electron chi connectivity index (χ1n) is 5.12. The highest BCUT2D eigenvalue weighted by Gasteiger charge is 2.61. The maximum Gasteiger partial charge on any atom is 0.499 e. The fraction of sp³-hybridized carbons (Fsp3) is 0.273. The average Bonchev–Trinajstić information content (AvgIpc) is 2.27. The van der Waals surface area contributed by atoms with Crippen LogP contribution in [0.4, 0.5) is 32.4 Å². The van der Waals surface area contributed by atoms with E-state index in [-0.39, 0.29) is 12.3 Å². The van der Waals surface area contributed by atoms with Crippen LogP contribution in [-0.4, -0.2) is 25.0 Å². The summed E-state index contributed by atoms with van der Waals surface area (Å²) in [7, 11) is 0. The largest absolute Gasteiger partial charge is 0.499 e. The fourth-order valence-corrected chi connectivity index (χ4v) is 1.09. The van der Waals surface area contributed by atoms with E-state index in [1.54, 1.807) is 0 Å². The van der Waals surface area contributed by atoms with Crippen molar-refractivity contribution in [2.75, 3.05) is 11.9 Å². The Labute approximate surface area is 110 Å². The zero-order valence-electron chi connectivity index (χ0n) is 9.84. The van der Waals surface area contributed by atoms with Crippen LogP contribution in [0.15, 0.2) is 24.3 Å². The second-order valence-electron chi connectivity index (χ2n) is 3.41. The van der Waals surface area contributed by atoms with Crippen molar-refractivity contribution in [3.63, 3.8) is 0 Å². The lowest BCUT2D eigenvalue weighted by Gasteiger charge is -2.20. The molecule has 0 saturated carbocycles. The number of anilines is 1. The number of ether oxygens (including phenoxy) is 2. The van der Waals surface area contributed by atoms with E-state index in [1.807, 2.05) is 0 Å². The van der Waals surface area contributed by atoms with Gasteiger partial charge in [0.1, 0.15) is 5.75 Å². The smallest absolute Gasteiger partial charge is 0.449 e. The van der Waals surface area contributed by atoms with Gasteiger partial charge in [-0.15, -0.1) is 0 Å². The number of hydrogen-bond acceptors (Lipinski definition) is 3. The van der Waals surface area contributed by atoms with E-state index in [4.69, 9.17) is 0 Å². The number of carbonyl (C=O) groups is 1. The predicted octanol–water partition coefficient (Wildman–Crippen LogP) is 3.60. The first-order valence-corrected chi connectivity index (χ1v) is 5.12. The highest BCUT2D eigenvalue weighted by molar-refractivity contribution is 5.84. The molecule has 4 nitrogen and oxygen atoms in total. The standard InChI is InChI=1S/C11H9F5NO3/c1-2-19-9(18)17-7-4-3-5-8(6-7)20-11(15,16)10(12,13)14/h3-6H,1-2H2,(H,17,18). The summed E-state index contributed by atoms with van der Waals surface area (Å²) in [6.07, 6.45) is -12.1. The lowest BCUT2D eigenvalue weighted by atomic mass is 10.3. The Bertz CT molecular complexity index is 475. The summed E-state index contributed by atoms with van der Waals surface area (Å²) in [6.45, 7) is 3.06. The fourth-order valence-electron chi connectivity index (χ4n) is 1.09. The minimum atomic E-state index is -5.84. The van der Waals surface area contributed by atoms with Gasteiger partial charge in [0.2, 0.25) is 0 Å². The molecular formula is C11H9F5NO3. The molecule has 0 aliphatic carbocycles. The molecule has 9 heteroatoms. The van der Waals surface area contributed by atoms with Gasteiger partial charge in [0.05, 0.1) is 6.61 Å². The Hall–Kier alpha value is -2.06. The van der Waals surface area contributed by atoms with Gasteiger partial charge in [0, 0.05) is 11.8 Å². The van der Waals surface area contributed by atoms with Gasteiger partial charge in [-0.2, -0.15) is 22.0 Å². The number of rotatable bonds is 4. The van der Waals surface area contributed by atoms with Crippen molar-refractivity contribution in [1.82, 2.24) is 0 Å². The molecule has 1 amide bonds. The van der Waals surface area contributed by atoms with Gasteiger partial charge in [-0.1, -0.05) is 6.07 Å². The van der Waals surface area contributed by atoms with Crippen LogP contribution in [0.1, 0.15) is 0 Å². The predicted molar refractivity (Wildman–Crippen MR) is 58.4 cm³/mol. The van der Waals surface area contributed by atoms with Crippen molar-refractivity contribution < 1.29 is 36.2 Å². The van der Waals surface area contributed by atoms with Crippen LogP contribution in [0.25, 0.3) is 0 Å². The number of halogens is 5. The molecule has 1 radical (unpaired) electrons. The summed E-state index contributed by atoms with van der Waals surface area (Å²) in [5.41, 5.74) is -0.0704. The second kappa shape index (κ2) is 5.93. The van der Waals surface area contributed by atoms with Gasteiger partial charge >= 0.3 is 18.4 Å². The molecule has 0 aliphatic rings. The maximum absolute atomic E-state index is 12.7. The van der Waals surface area contributed by atoms with Crippen molar-refractivity contribution >= 4 is 11.8 Å². The Morgan fingerprint density at radius 1 is 1.25 bits per heavy atom. The van der Waals surface area contributed by atoms with Gasteiger partial charge in [-0.05, 0) is 19.1 Å². The molecule has 0 aliphatic heterocycles. The molecule has 1 rings (SSSR count). The Morgan fingerprint density at radius 3 is 2.45 bits per heavy atom. The normalized spacial score (nSPS) is 11.9. The molecule has 0 atom stereocenters. The zero-order chi connectivity index (χ0) is 15.4. The summed E-state index contributed by atoms with van der Waals surface area (Å²) in [5, 5.41) is 2.10. The van der Waals surface area contributed by atoms with Crippen LogP contribution in [0.2, 0.25) is 0 Å². The minimum absolute atomic E-state index is 0.0704.